The van der Waals surface area contributed by atoms with Crippen LogP contribution in [0.5, 0.6) is 0 Å². The minimum atomic E-state index is -0.492. The molecule has 0 N–H and O–H groups in total. The van der Waals surface area contributed by atoms with E-state index in [1.807, 2.05) is 0 Å². The molecule has 6 nitrogen and oxygen atoms in total. The number of likely N-dealkylation sites (tertiary alicyclic amines) is 3. The average Bonchev–Trinajstić information content (AvgIpc) is 3.54. The van der Waals surface area contributed by atoms with Crippen molar-refractivity contribution in [1.82, 2.24) is 14.7 Å². The van der Waals surface area contributed by atoms with Crippen molar-refractivity contribution >= 4 is 17.7 Å². The number of carbonyl (C=O) groups is 3. The van der Waals surface area contributed by atoms with Gasteiger partial charge >= 0.3 is 0 Å². The number of hydrogen-bond donors (Lipinski definition) is 0. The van der Waals surface area contributed by atoms with E-state index in [0.29, 0.717) is 25.2 Å². The summed E-state index contributed by atoms with van der Waals surface area (Å²) < 4.78 is 0. The van der Waals surface area contributed by atoms with Crippen LogP contribution in [-0.2, 0) is 14.4 Å². The van der Waals surface area contributed by atoms with Crippen LogP contribution in [0.25, 0.3) is 0 Å². The Hall–Kier alpha value is -1.59. The largest absolute Gasteiger partial charge is 0.342 e. The first kappa shape index (κ1) is 20.0. The average molecular weight is 428 g/mol. The van der Waals surface area contributed by atoms with Crippen molar-refractivity contribution in [1.29, 1.82) is 0 Å². The predicted molar refractivity (Wildman–Crippen MR) is 116 cm³/mol. The molecule has 4 saturated carbocycles. The SMILES string of the molecule is O=C(N1CCCC1)C12CC3CC(C(=O)N4CCCC4)(C1)CC(C(=O)N1CCCC1)(C3)C2. The van der Waals surface area contributed by atoms with E-state index in [1.165, 1.54) is 0 Å². The summed E-state index contributed by atoms with van der Waals surface area (Å²) in [5.74, 6) is 1.14. The van der Waals surface area contributed by atoms with Crippen LogP contribution in [0.1, 0.15) is 77.0 Å². The third-order valence-electron chi connectivity index (χ3n) is 9.61. The highest BCUT2D eigenvalue weighted by Gasteiger charge is 2.71. The second kappa shape index (κ2) is 6.95. The Labute approximate surface area is 185 Å². The van der Waals surface area contributed by atoms with Gasteiger partial charge in [-0.2, -0.15) is 0 Å². The third-order valence-corrected chi connectivity index (χ3v) is 9.61. The third kappa shape index (κ3) is 2.92. The molecule has 6 heteroatoms. The lowest BCUT2D eigenvalue weighted by molar-refractivity contribution is -0.199. The zero-order chi connectivity index (χ0) is 21.3. The Morgan fingerprint density at radius 3 is 1.00 bits per heavy atom. The van der Waals surface area contributed by atoms with E-state index < -0.39 is 16.2 Å². The van der Waals surface area contributed by atoms with Crippen molar-refractivity contribution in [2.24, 2.45) is 22.2 Å². The fourth-order valence-electron chi connectivity index (χ4n) is 8.92. The van der Waals surface area contributed by atoms with E-state index in [2.05, 4.69) is 14.7 Å². The van der Waals surface area contributed by atoms with Crippen LogP contribution in [0.2, 0.25) is 0 Å². The zero-order valence-electron chi connectivity index (χ0n) is 18.9. The summed E-state index contributed by atoms with van der Waals surface area (Å²) in [7, 11) is 0. The van der Waals surface area contributed by atoms with E-state index in [0.717, 1.165) is 97.1 Å². The maximum absolute atomic E-state index is 13.9. The van der Waals surface area contributed by atoms with Gasteiger partial charge in [-0.25, -0.2) is 0 Å². The molecule has 7 fully saturated rings. The zero-order valence-corrected chi connectivity index (χ0v) is 18.9. The molecule has 0 spiro atoms. The normalized spacial score (nSPS) is 41.4. The second-order valence-electron chi connectivity index (χ2n) is 11.8. The van der Waals surface area contributed by atoms with Gasteiger partial charge in [0.2, 0.25) is 17.7 Å². The molecule has 7 rings (SSSR count). The lowest BCUT2D eigenvalue weighted by Gasteiger charge is -2.65. The second-order valence-corrected chi connectivity index (χ2v) is 11.8. The molecule has 3 saturated heterocycles. The number of hydrogen-bond acceptors (Lipinski definition) is 3. The fraction of sp³-hybridized carbons (Fsp3) is 0.880. The lowest BCUT2D eigenvalue weighted by atomic mass is 9.38. The number of carbonyl (C=O) groups excluding carboxylic acids is 3. The van der Waals surface area contributed by atoms with E-state index in [1.54, 1.807) is 0 Å². The molecule has 4 aliphatic carbocycles. The molecule has 3 heterocycles. The van der Waals surface area contributed by atoms with Gasteiger partial charge in [0.15, 0.2) is 0 Å². The highest BCUT2D eigenvalue weighted by molar-refractivity contribution is 5.93. The van der Waals surface area contributed by atoms with Gasteiger partial charge in [0.1, 0.15) is 0 Å². The van der Waals surface area contributed by atoms with E-state index >= 15 is 0 Å². The van der Waals surface area contributed by atoms with Crippen molar-refractivity contribution in [3.63, 3.8) is 0 Å². The van der Waals surface area contributed by atoms with Crippen molar-refractivity contribution in [2.45, 2.75) is 77.0 Å². The first-order valence-electron chi connectivity index (χ1n) is 12.8. The molecule has 3 amide bonds. The molecule has 0 radical (unpaired) electrons. The summed E-state index contributed by atoms with van der Waals surface area (Å²) in [6.07, 6.45) is 11.3. The van der Waals surface area contributed by atoms with Crippen LogP contribution < -0.4 is 0 Å². The fourth-order valence-corrected chi connectivity index (χ4v) is 8.92. The molecule has 4 bridgehead atoms. The molecular formula is C25H37N3O3. The minimum absolute atomic E-state index is 0.270. The quantitative estimate of drug-likeness (QED) is 0.696. The van der Waals surface area contributed by atoms with Gasteiger partial charge in [-0.15, -0.1) is 0 Å². The van der Waals surface area contributed by atoms with Gasteiger partial charge in [0.05, 0.1) is 16.2 Å². The Kier molecular flexibility index (Phi) is 4.50. The monoisotopic (exact) mass is 427 g/mol. The molecule has 0 aromatic rings. The van der Waals surface area contributed by atoms with Gasteiger partial charge < -0.3 is 14.7 Å². The molecule has 31 heavy (non-hydrogen) atoms. The van der Waals surface area contributed by atoms with Gasteiger partial charge in [0.25, 0.3) is 0 Å². The Balaban J connectivity index is 1.40. The number of nitrogens with zero attached hydrogens (tertiary/aromatic N) is 3. The van der Waals surface area contributed by atoms with E-state index in [4.69, 9.17) is 0 Å². The van der Waals surface area contributed by atoms with Crippen molar-refractivity contribution in [3.8, 4) is 0 Å². The Morgan fingerprint density at radius 1 is 0.484 bits per heavy atom. The van der Waals surface area contributed by atoms with Gasteiger partial charge in [-0.05, 0) is 83.0 Å². The van der Waals surface area contributed by atoms with E-state index in [9.17, 15) is 14.4 Å². The van der Waals surface area contributed by atoms with Crippen LogP contribution in [0.4, 0.5) is 0 Å². The van der Waals surface area contributed by atoms with Crippen LogP contribution in [0, 0.1) is 22.2 Å². The van der Waals surface area contributed by atoms with Crippen molar-refractivity contribution in [3.05, 3.63) is 0 Å². The van der Waals surface area contributed by atoms with Gasteiger partial charge in [0, 0.05) is 39.3 Å². The lowest BCUT2D eigenvalue weighted by Crippen LogP contribution is -2.67. The smallest absolute Gasteiger partial charge is 0.228 e. The number of rotatable bonds is 3. The Bertz CT molecular complexity index is 679. The molecule has 170 valence electrons. The molecule has 3 aliphatic heterocycles. The summed E-state index contributed by atoms with van der Waals surface area (Å²) in [5, 5.41) is 0. The predicted octanol–water partition coefficient (Wildman–Crippen LogP) is 2.81. The highest BCUT2D eigenvalue weighted by Crippen LogP contribution is 2.71. The molecule has 7 aliphatic rings. The van der Waals surface area contributed by atoms with Gasteiger partial charge in [-0.3, -0.25) is 14.4 Å². The highest BCUT2D eigenvalue weighted by atomic mass is 16.2. The maximum atomic E-state index is 13.9. The van der Waals surface area contributed by atoms with Crippen LogP contribution >= 0.6 is 0 Å². The molecule has 0 aromatic carbocycles. The number of amides is 3. The molecule has 0 atom stereocenters. The molecule has 0 aromatic heterocycles. The molecular weight excluding hydrogens is 390 g/mol. The topological polar surface area (TPSA) is 60.9 Å². The van der Waals surface area contributed by atoms with Crippen LogP contribution in [0.3, 0.4) is 0 Å². The first-order valence-corrected chi connectivity index (χ1v) is 12.8. The maximum Gasteiger partial charge on any atom is 0.228 e. The first-order chi connectivity index (χ1) is 15.0. The van der Waals surface area contributed by atoms with E-state index in [-0.39, 0.29) is 17.7 Å². The minimum Gasteiger partial charge on any atom is -0.342 e. The van der Waals surface area contributed by atoms with Crippen molar-refractivity contribution in [2.75, 3.05) is 39.3 Å². The summed E-state index contributed by atoms with van der Waals surface area (Å²) >= 11 is 0. The summed E-state index contributed by atoms with van der Waals surface area (Å²) in [4.78, 5) is 48.0. The summed E-state index contributed by atoms with van der Waals surface area (Å²) in [6.45, 7) is 5.12. The summed E-state index contributed by atoms with van der Waals surface area (Å²) in [6, 6.07) is 0. The van der Waals surface area contributed by atoms with Crippen LogP contribution in [0.15, 0.2) is 0 Å². The standard InChI is InChI=1S/C25H37N3O3/c29-20(26-7-1-2-8-26)23-13-19-14-24(16-23,21(30)27-9-3-4-10-27)18-25(15-19,17-23)22(31)28-11-5-6-12-28/h19H,1-18H2. The van der Waals surface area contributed by atoms with Gasteiger partial charge in [-0.1, -0.05) is 0 Å². The van der Waals surface area contributed by atoms with Crippen molar-refractivity contribution < 1.29 is 14.4 Å². The Morgan fingerprint density at radius 2 is 0.742 bits per heavy atom. The van der Waals surface area contributed by atoms with Crippen LogP contribution in [-0.4, -0.2) is 71.7 Å². The molecule has 0 unspecified atom stereocenters. The summed E-state index contributed by atoms with van der Waals surface area (Å²) in [5.41, 5.74) is -1.47.